The SMILES string of the molecule is COC(=O)CSc1nnc(CNc2ccc(OC)cc2)n1-c1ccc(OC)cc1.Cl. The molecule has 160 valence electrons. The highest BCUT2D eigenvalue weighted by molar-refractivity contribution is 7.99. The number of benzene rings is 2. The topological polar surface area (TPSA) is 87.5 Å². The molecule has 0 atom stereocenters. The van der Waals surface area contributed by atoms with Crippen molar-refractivity contribution < 1.29 is 19.0 Å². The van der Waals surface area contributed by atoms with Crippen LogP contribution in [0.2, 0.25) is 0 Å². The Morgan fingerprint density at radius 2 is 1.57 bits per heavy atom. The molecular formula is C20H23ClN4O4S. The van der Waals surface area contributed by atoms with E-state index in [9.17, 15) is 4.79 Å². The molecule has 0 amide bonds. The molecule has 1 aromatic heterocycles. The fraction of sp³-hybridized carbons (Fsp3) is 0.250. The van der Waals surface area contributed by atoms with Crippen LogP contribution in [-0.4, -0.2) is 47.8 Å². The number of carbonyl (C=O) groups is 1. The number of anilines is 1. The molecule has 0 bridgehead atoms. The molecule has 3 aromatic rings. The van der Waals surface area contributed by atoms with E-state index in [1.807, 2.05) is 53.1 Å². The largest absolute Gasteiger partial charge is 0.497 e. The summed E-state index contributed by atoms with van der Waals surface area (Å²) in [6.45, 7) is 0.449. The Bertz CT molecular complexity index is 948. The first-order valence-electron chi connectivity index (χ1n) is 8.81. The van der Waals surface area contributed by atoms with Crippen LogP contribution in [0.5, 0.6) is 11.5 Å². The van der Waals surface area contributed by atoms with Crippen LogP contribution in [0, 0.1) is 0 Å². The van der Waals surface area contributed by atoms with Crippen molar-refractivity contribution >= 4 is 35.8 Å². The fourth-order valence-electron chi connectivity index (χ4n) is 2.57. The van der Waals surface area contributed by atoms with Gasteiger partial charge in [0.15, 0.2) is 11.0 Å². The Morgan fingerprint density at radius 1 is 0.967 bits per heavy atom. The number of esters is 1. The van der Waals surface area contributed by atoms with Crippen molar-refractivity contribution in [1.29, 1.82) is 0 Å². The summed E-state index contributed by atoms with van der Waals surface area (Å²) in [6, 6.07) is 15.2. The molecule has 0 radical (unpaired) electrons. The van der Waals surface area contributed by atoms with Gasteiger partial charge in [0.05, 0.1) is 33.6 Å². The van der Waals surface area contributed by atoms with E-state index in [0.29, 0.717) is 17.5 Å². The first-order chi connectivity index (χ1) is 14.1. The number of rotatable bonds is 9. The zero-order valence-corrected chi connectivity index (χ0v) is 18.5. The normalized spacial score (nSPS) is 10.1. The van der Waals surface area contributed by atoms with E-state index in [0.717, 1.165) is 22.9 Å². The van der Waals surface area contributed by atoms with E-state index < -0.39 is 0 Å². The number of carbonyl (C=O) groups excluding carboxylic acids is 1. The van der Waals surface area contributed by atoms with Crippen LogP contribution < -0.4 is 14.8 Å². The van der Waals surface area contributed by atoms with Crippen molar-refractivity contribution in [2.45, 2.75) is 11.7 Å². The van der Waals surface area contributed by atoms with Gasteiger partial charge in [0.1, 0.15) is 11.5 Å². The van der Waals surface area contributed by atoms with Gasteiger partial charge in [0.25, 0.3) is 0 Å². The average molecular weight is 451 g/mol. The van der Waals surface area contributed by atoms with Crippen LogP contribution in [-0.2, 0) is 16.1 Å². The lowest BCUT2D eigenvalue weighted by molar-refractivity contribution is -0.137. The number of nitrogens with one attached hydrogen (secondary N) is 1. The Kier molecular flexibility index (Phi) is 8.82. The molecule has 10 heteroatoms. The van der Waals surface area contributed by atoms with Crippen LogP contribution >= 0.6 is 24.2 Å². The molecule has 30 heavy (non-hydrogen) atoms. The molecular weight excluding hydrogens is 428 g/mol. The number of hydrogen-bond donors (Lipinski definition) is 1. The lowest BCUT2D eigenvalue weighted by atomic mass is 10.3. The van der Waals surface area contributed by atoms with Crippen LogP contribution in [0.15, 0.2) is 53.7 Å². The molecule has 3 rings (SSSR count). The van der Waals surface area contributed by atoms with Crippen LogP contribution in [0.3, 0.4) is 0 Å². The summed E-state index contributed by atoms with van der Waals surface area (Å²) in [5.74, 6) is 2.08. The molecule has 0 saturated heterocycles. The summed E-state index contributed by atoms with van der Waals surface area (Å²) < 4.78 is 17.0. The minimum absolute atomic E-state index is 0. The van der Waals surface area contributed by atoms with E-state index in [4.69, 9.17) is 14.2 Å². The van der Waals surface area contributed by atoms with Crippen molar-refractivity contribution in [3.8, 4) is 17.2 Å². The fourth-order valence-corrected chi connectivity index (χ4v) is 3.37. The Hall–Kier alpha value is -2.91. The number of halogens is 1. The van der Waals surface area contributed by atoms with Gasteiger partial charge in [-0.15, -0.1) is 22.6 Å². The van der Waals surface area contributed by atoms with Crippen LogP contribution in [0.1, 0.15) is 5.82 Å². The highest BCUT2D eigenvalue weighted by Gasteiger charge is 2.16. The maximum absolute atomic E-state index is 11.5. The third kappa shape index (κ3) is 5.80. The van der Waals surface area contributed by atoms with Gasteiger partial charge >= 0.3 is 5.97 Å². The molecule has 8 nitrogen and oxygen atoms in total. The summed E-state index contributed by atoms with van der Waals surface area (Å²) in [6.07, 6.45) is 0. The van der Waals surface area contributed by atoms with Gasteiger partial charge in [0, 0.05) is 11.4 Å². The highest BCUT2D eigenvalue weighted by Crippen LogP contribution is 2.24. The van der Waals surface area contributed by atoms with Gasteiger partial charge in [-0.3, -0.25) is 9.36 Å². The number of hydrogen-bond acceptors (Lipinski definition) is 8. The van der Waals surface area contributed by atoms with Crippen molar-refractivity contribution in [2.75, 3.05) is 32.4 Å². The molecule has 2 aromatic carbocycles. The molecule has 0 aliphatic carbocycles. The first kappa shape index (κ1) is 23.4. The summed E-state index contributed by atoms with van der Waals surface area (Å²) >= 11 is 1.27. The second-order valence-corrected chi connectivity index (χ2v) is 6.82. The van der Waals surface area contributed by atoms with E-state index >= 15 is 0 Å². The Labute approximate surface area is 185 Å². The third-order valence-corrected chi connectivity index (χ3v) is 5.02. The lowest BCUT2D eigenvalue weighted by Gasteiger charge is -2.12. The molecule has 1 N–H and O–H groups in total. The molecule has 0 aliphatic heterocycles. The predicted octanol–water partition coefficient (Wildman–Crippen LogP) is 3.58. The van der Waals surface area contributed by atoms with Gasteiger partial charge in [0.2, 0.25) is 0 Å². The van der Waals surface area contributed by atoms with Gasteiger partial charge in [-0.1, -0.05) is 11.8 Å². The number of nitrogens with zero attached hydrogens (tertiary/aromatic N) is 3. The molecule has 0 unspecified atom stereocenters. The maximum Gasteiger partial charge on any atom is 0.316 e. The first-order valence-corrected chi connectivity index (χ1v) is 9.79. The van der Waals surface area contributed by atoms with Gasteiger partial charge in [-0.2, -0.15) is 0 Å². The molecule has 0 saturated carbocycles. The molecule has 1 heterocycles. The summed E-state index contributed by atoms with van der Waals surface area (Å²) in [4.78, 5) is 11.5. The maximum atomic E-state index is 11.5. The van der Waals surface area contributed by atoms with Gasteiger partial charge < -0.3 is 19.5 Å². The van der Waals surface area contributed by atoms with Crippen molar-refractivity contribution in [3.63, 3.8) is 0 Å². The minimum atomic E-state index is -0.322. The third-order valence-electron chi connectivity index (χ3n) is 4.12. The van der Waals surface area contributed by atoms with E-state index in [1.165, 1.54) is 18.9 Å². The zero-order chi connectivity index (χ0) is 20.6. The molecule has 0 spiro atoms. The van der Waals surface area contributed by atoms with Gasteiger partial charge in [-0.25, -0.2) is 0 Å². The van der Waals surface area contributed by atoms with Gasteiger partial charge in [-0.05, 0) is 48.5 Å². The van der Waals surface area contributed by atoms with Crippen LogP contribution in [0.25, 0.3) is 5.69 Å². The average Bonchev–Trinajstić information content (AvgIpc) is 3.19. The summed E-state index contributed by atoms with van der Waals surface area (Å²) in [5.41, 5.74) is 1.80. The van der Waals surface area contributed by atoms with E-state index in [1.54, 1.807) is 14.2 Å². The van der Waals surface area contributed by atoms with Crippen molar-refractivity contribution in [2.24, 2.45) is 0 Å². The van der Waals surface area contributed by atoms with E-state index in [2.05, 4.69) is 15.5 Å². The highest BCUT2D eigenvalue weighted by atomic mass is 35.5. The number of thioether (sulfide) groups is 1. The smallest absolute Gasteiger partial charge is 0.316 e. The second kappa shape index (κ2) is 11.3. The summed E-state index contributed by atoms with van der Waals surface area (Å²) in [5, 5.41) is 12.5. The number of methoxy groups -OCH3 is 3. The number of aromatic nitrogens is 3. The Balaban J connectivity index is 0.00000320. The standard InChI is InChI=1S/C20H22N4O4S.ClH/c1-26-16-8-4-14(5-9-16)21-12-18-22-23-20(29-13-19(25)28-3)24(18)15-6-10-17(27-2)11-7-15;/h4-11,21H,12-13H2,1-3H3;1H. The second-order valence-electron chi connectivity index (χ2n) is 5.88. The minimum Gasteiger partial charge on any atom is -0.497 e. The lowest BCUT2D eigenvalue weighted by Crippen LogP contribution is -2.09. The van der Waals surface area contributed by atoms with E-state index in [-0.39, 0.29) is 24.1 Å². The monoisotopic (exact) mass is 450 g/mol. The summed E-state index contributed by atoms with van der Waals surface area (Å²) in [7, 11) is 4.62. The van der Waals surface area contributed by atoms with Crippen molar-refractivity contribution in [3.05, 3.63) is 54.4 Å². The van der Waals surface area contributed by atoms with Crippen LogP contribution in [0.4, 0.5) is 5.69 Å². The zero-order valence-electron chi connectivity index (χ0n) is 16.8. The number of ether oxygens (including phenoxy) is 3. The van der Waals surface area contributed by atoms with Crippen molar-refractivity contribution in [1.82, 2.24) is 14.8 Å². The quantitative estimate of drug-likeness (QED) is 0.391. The Morgan fingerprint density at radius 3 is 2.13 bits per heavy atom. The molecule has 0 fully saturated rings. The predicted molar refractivity (Wildman–Crippen MR) is 118 cm³/mol. The molecule has 0 aliphatic rings.